The zero-order valence-electron chi connectivity index (χ0n) is 9.82. The molecule has 1 aromatic heterocycles. The number of ketones is 1. The number of ether oxygens (including phenoxy) is 1. The first-order valence-corrected chi connectivity index (χ1v) is 5.33. The fraction of sp³-hybridized carbons (Fsp3) is 0.154. The first kappa shape index (κ1) is 13.2. The highest BCUT2D eigenvalue weighted by Gasteiger charge is 2.33. The summed E-state index contributed by atoms with van der Waals surface area (Å²) in [7, 11) is 0. The lowest BCUT2D eigenvalue weighted by Gasteiger charge is -2.11. The molecule has 0 fully saturated rings. The van der Waals surface area contributed by atoms with E-state index in [2.05, 4.69) is 4.74 Å². The minimum Gasteiger partial charge on any atom is -0.458 e. The molecule has 1 heterocycles. The summed E-state index contributed by atoms with van der Waals surface area (Å²) in [5.74, 6) is -0.740. The molecule has 1 aromatic carbocycles. The Balaban J connectivity index is 2.37. The van der Waals surface area contributed by atoms with Crippen LogP contribution in [0.25, 0.3) is 0 Å². The molecule has 0 spiro atoms. The van der Waals surface area contributed by atoms with E-state index in [-0.39, 0.29) is 11.3 Å². The topological polar surface area (TPSA) is 39.4 Å². The van der Waals surface area contributed by atoms with Crippen LogP contribution in [-0.2, 0) is 0 Å². The van der Waals surface area contributed by atoms with Crippen LogP contribution < -0.4 is 4.74 Å². The van der Waals surface area contributed by atoms with E-state index < -0.39 is 17.9 Å². The summed E-state index contributed by atoms with van der Waals surface area (Å²) >= 11 is 0. The van der Waals surface area contributed by atoms with Gasteiger partial charge >= 0.3 is 6.36 Å². The third kappa shape index (κ3) is 3.15. The second-order valence-electron chi connectivity index (χ2n) is 3.78. The average molecular weight is 270 g/mol. The molecule has 2 aromatic rings. The van der Waals surface area contributed by atoms with Gasteiger partial charge in [-0.2, -0.15) is 0 Å². The van der Waals surface area contributed by atoms with Crippen LogP contribution in [0.2, 0.25) is 0 Å². The summed E-state index contributed by atoms with van der Waals surface area (Å²) in [6, 6.07) is 8.10. The SMILES string of the molecule is Cc1ccc(C(=O)c2ccccc2OC(F)(F)F)o1. The Morgan fingerprint density at radius 1 is 1.16 bits per heavy atom. The maximum atomic E-state index is 12.2. The van der Waals surface area contributed by atoms with Crippen LogP contribution in [0.3, 0.4) is 0 Å². The van der Waals surface area contributed by atoms with Crippen LogP contribution in [0.5, 0.6) is 5.75 Å². The molecule has 0 amide bonds. The number of aryl methyl sites for hydroxylation is 1. The Bertz CT molecular complexity index is 599. The Morgan fingerprint density at radius 2 is 1.84 bits per heavy atom. The van der Waals surface area contributed by atoms with Crippen molar-refractivity contribution >= 4 is 5.78 Å². The number of carbonyl (C=O) groups excluding carboxylic acids is 1. The molecule has 6 heteroatoms. The third-order valence-electron chi connectivity index (χ3n) is 2.32. The van der Waals surface area contributed by atoms with Crippen LogP contribution in [-0.4, -0.2) is 12.1 Å². The predicted octanol–water partition coefficient (Wildman–Crippen LogP) is 3.72. The second-order valence-corrected chi connectivity index (χ2v) is 3.78. The fourth-order valence-electron chi connectivity index (χ4n) is 1.56. The van der Waals surface area contributed by atoms with Crippen LogP contribution >= 0.6 is 0 Å². The summed E-state index contributed by atoms with van der Waals surface area (Å²) < 4.78 is 45.6. The van der Waals surface area contributed by atoms with Crippen molar-refractivity contribution in [2.24, 2.45) is 0 Å². The molecule has 0 saturated heterocycles. The fourth-order valence-corrected chi connectivity index (χ4v) is 1.56. The predicted molar refractivity (Wildman–Crippen MR) is 60.0 cm³/mol. The van der Waals surface area contributed by atoms with Gasteiger partial charge < -0.3 is 9.15 Å². The summed E-state index contributed by atoms with van der Waals surface area (Å²) in [5.41, 5.74) is -0.200. The molecule has 0 aliphatic rings. The molecule has 0 N–H and O–H groups in total. The number of rotatable bonds is 3. The summed E-state index contributed by atoms with van der Waals surface area (Å²) in [4.78, 5) is 12.0. The molecular formula is C13H9F3O3. The van der Waals surface area contributed by atoms with Gasteiger partial charge in [0.15, 0.2) is 5.76 Å². The van der Waals surface area contributed by atoms with Gasteiger partial charge in [0.25, 0.3) is 0 Å². The molecular weight excluding hydrogens is 261 g/mol. The summed E-state index contributed by atoms with van der Waals surface area (Å²) in [5, 5.41) is 0. The van der Waals surface area contributed by atoms with Crippen molar-refractivity contribution in [3.8, 4) is 5.75 Å². The number of carbonyl (C=O) groups is 1. The molecule has 100 valence electrons. The van der Waals surface area contributed by atoms with Crippen molar-refractivity contribution in [1.82, 2.24) is 0 Å². The normalized spacial score (nSPS) is 11.4. The Labute approximate surface area is 106 Å². The number of hydrogen-bond donors (Lipinski definition) is 0. The van der Waals surface area contributed by atoms with Gasteiger partial charge in [-0.1, -0.05) is 12.1 Å². The van der Waals surface area contributed by atoms with Gasteiger partial charge in [0.1, 0.15) is 11.5 Å². The van der Waals surface area contributed by atoms with Crippen LogP contribution in [0.15, 0.2) is 40.8 Å². The molecule has 0 atom stereocenters. The first-order valence-electron chi connectivity index (χ1n) is 5.33. The number of benzene rings is 1. The standard InChI is InChI=1S/C13H9F3O3/c1-8-6-7-11(18-8)12(17)9-4-2-3-5-10(9)19-13(14,15)16/h2-7H,1H3. The Morgan fingerprint density at radius 3 is 2.42 bits per heavy atom. The number of halogens is 3. The minimum atomic E-state index is -4.85. The maximum absolute atomic E-state index is 12.2. The first-order chi connectivity index (χ1) is 8.87. The molecule has 0 unspecified atom stereocenters. The summed E-state index contributed by atoms with van der Waals surface area (Å²) in [6.45, 7) is 1.63. The Kier molecular flexibility index (Phi) is 3.33. The lowest BCUT2D eigenvalue weighted by Crippen LogP contribution is -2.19. The van der Waals surface area contributed by atoms with Crippen molar-refractivity contribution in [2.75, 3.05) is 0 Å². The quantitative estimate of drug-likeness (QED) is 0.798. The van der Waals surface area contributed by atoms with E-state index in [4.69, 9.17) is 4.42 Å². The number of para-hydroxylation sites is 1. The van der Waals surface area contributed by atoms with Gasteiger partial charge in [-0.3, -0.25) is 4.79 Å². The van der Waals surface area contributed by atoms with Crippen molar-refractivity contribution in [2.45, 2.75) is 13.3 Å². The molecule has 0 aliphatic heterocycles. The lowest BCUT2D eigenvalue weighted by atomic mass is 10.1. The lowest BCUT2D eigenvalue weighted by molar-refractivity contribution is -0.274. The smallest absolute Gasteiger partial charge is 0.458 e. The van der Waals surface area contributed by atoms with Crippen molar-refractivity contribution < 1.29 is 27.1 Å². The highest BCUT2D eigenvalue weighted by atomic mass is 19.4. The molecule has 19 heavy (non-hydrogen) atoms. The molecule has 2 rings (SSSR count). The number of alkyl halides is 3. The van der Waals surface area contributed by atoms with Gasteiger partial charge in [0.05, 0.1) is 5.56 Å². The molecule has 0 radical (unpaired) electrons. The highest BCUT2D eigenvalue weighted by Crippen LogP contribution is 2.28. The minimum absolute atomic E-state index is 0.0317. The summed E-state index contributed by atoms with van der Waals surface area (Å²) in [6.07, 6.45) is -4.85. The van der Waals surface area contributed by atoms with Crippen LogP contribution in [0, 0.1) is 6.92 Å². The van der Waals surface area contributed by atoms with E-state index in [0.717, 1.165) is 6.07 Å². The van der Waals surface area contributed by atoms with Crippen molar-refractivity contribution in [3.63, 3.8) is 0 Å². The molecule has 0 aliphatic carbocycles. The van der Waals surface area contributed by atoms with Crippen LogP contribution in [0.4, 0.5) is 13.2 Å². The van der Waals surface area contributed by atoms with E-state index in [1.165, 1.54) is 24.3 Å². The zero-order chi connectivity index (χ0) is 14.0. The van der Waals surface area contributed by atoms with E-state index in [1.54, 1.807) is 13.0 Å². The third-order valence-corrected chi connectivity index (χ3v) is 2.32. The van der Waals surface area contributed by atoms with E-state index in [1.807, 2.05) is 0 Å². The Hall–Kier alpha value is -2.24. The maximum Gasteiger partial charge on any atom is 0.573 e. The molecule has 0 bridgehead atoms. The highest BCUT2D eigenvalue weighted by molar-refractivity contribution is 6.09. The monoisotopic (exact) mass is 270 g/mol. The van der Waals surface area contributed by atoms with Gasteiger partial charge in [-0.15, -0.1) is 13.2 Å². The van der Waals surface area contributed by atoms with Gasteiger partial charge in [0.2, 0.25) is 5.78 Å². The molecule has 3 nitrogen and oxygen atoms in total. The van der Waals surface area contributed by atoms with E-state index in [9.17, 15) is 18.0 Å². The second kappa shape index (κ2) is 4.79. The van der Waals surface area contributed by atoms with Gasteiger partial charge in [-0.05, 0) is 31.2 Å². The van der Waals surface area contributed by atoms with E-state index in [0.29, 0.717) is 5.76 Å². The van der Waals surface area contributed by atoms with E-state index >= 15 is 0 Å². The number of furan rings is 1. The molecule has 0 saturated carbocycles. The van der Waals surface area contributed by atoms with Gasteiger partial charge in [-0.25, -0.2) is 0 Å². The van der Waals surface area contributed by atoms with Gasteiger partial charge in [0, 0.05) is 0 Å². The number of hydrogen-bond acceptors (Lipinski definition) is 3. The van der Waals surface area contributed by atoms with Crippen molar-refractivity contribution in [3.05, 3.63) is 53.5 Å². The largest absolute Gasteiger partial charge is 0.573 e. The average Bonchev–Trinajstić information content (AvgIpc) is 2.74. The zero-order valence-corrected chi connectivity index (χ0v) is 9.82. The van der Waals surface area contributed by atoms with Crippen molar-refractivity contribution in [1.29, 1.82) is 0 Å². The van der Waals surface area contributed by atoms with Crippen LogP contribution in [0.1, 0.15) is 21.9 Å².